The molecule has 0 spiro atoms. The number of nitrogens with one attached hydrogen (secondary N) is 1. The molecule has 0 saturated heterocycles. The first-order chi connectivity index (χ1) is 13.2. The highest BCUT2D eigenvalue weighted by molar-refractivity contribution is 5.51. The molecule has 0 aliphatic heterocycles. The number of methoxy groups -OCH3 is 1. The van der Waals surface area contributed by atoms with Crippen molar-refractivity contribution in [1.82, 2.24) is 14.3 Å². The third-order valence-electron chi connectivity index (χ3n) is 4.44. The third kappa shape index (κ3) is 3.11. The molecule has 0 aliphatic carbocycles. The Hall–Kier alpha value is -3.73. The standard InChI is InChI=1S/C22H19N3O2/c1-16-21(22(26)25(23-16)18-7-4-3-5-8-18)15-19-9-6-14-24(19)17-10-12-20(27-2)13-11-17/h3-15,23H,1H2,2H3/b21-15+. The Morgan fingerprint density at radius 3 is 2.41 bits per heavy atom. The Kier molecular flexibility index (Phi) is 4.26. The molecule has 5 heteroatoms. The summed E-state index contributed by atoms with van der Waals surface area (Å²) >= 11 is 0. The second-order valence-corrected chi connectivity index (χ2v) is 6.13. The van der Waals surface area contributed by atoms with E-state index in [2.05, 4.69) is 11.7 Å². The lowest BCUT2D eigenvalue weighted by molar-refractivity contribution is 0.414. The van der Waals surface area contributed by atoms with Crippen molar-refractivity contribution in [1.29, 1.82) is 0 Å². The molecule has 0 unspecified atom stereocenters. The predicted octanol–water partition coefficient (Wildman–Crippen LogP) is 2.20. The summed E-state index contributed by atoms with van der Waals surface area (Å²) in [5, 5.41) is 4.16. The summed E-state index contributed by atoms with van der Waals surface area (Å²) in [4.78, 5) is 12.9. The highest BCUT2D eigenvalue weighted by Crippen LogP contribution is 2.17. The van der Waals surface area contributed by atoms with Crippen molar-refractivity contribution in [2.75, 3.05) is 7.11 Å². The van der Waals surface area contributed by atoms with Gasteiger partial charge in [-0.1, -0.05) is 24.8 Å². The average molecular weight is 357 g/mol. The van der Waals surface area contributed by atoms with Crippen molar-refractivity contribution in [3.05, 3.63) is 99.5 Å². The predicted molar refractivity (Wildman–Crippen MR) is 107 cm³/mol. The topological polar surface area (TPSA) is 52.0 Å². The number of hydrogen-bond donors (Lipinski definition) is 1. The lowest BCUT2D eigenvalue weighted by Gasteiger charge is -2.07. The van der Waals surface area contributed by atoms with Crippen LogP contribution >= 0.6 is 0 Å². The van der Waals surface area contributed by atoms with E-state index in [1.54, 1.807) is 7.11 Å². The maximum Gasteiger partial charge on any atom is 0.279 e. The van der Waals surface area contributed by atoms with E-state index in [1.165, 1.54) is 4.68 Å². The Bertz CT molecular complexity index is 1230. The lowest BCUT2D eigenvalue weighted by atomic mass is 10.2. The SMILES string of the molecule is C=c1[nH]n(-c2ccccc2)c(=O)/c1=C/c1cccn1-c1ccc(OC)cc1. The largest absolute Gasteiger partial charge is 0.497 e. The van der Waals surface area contributed by atoms with Crippen LogP contribution in [0.5, 0.6) is 5.75 Å². The second-order valence-electron chi connectivity index (χ2n) is 6.13. The van der Waals surface area contributed by atoms with Crippen molar-refractivity contribution >= 4 is 12.7 Å². The van der Waals surface area contributed by atoms with Crippen LogP contribution < -0.4 is 20.9 Å². The number of benzene rings is 2. The normalized spacial score (nSPS) is 11.7. The summed E-state index contributed by atoms with van der Waals surface area (Å²) in [6.07, 6.45) is 3.81. The van der Waals surface area contributed by atoms with Gasteiger partial charge in [-0.25, -0.2) is 4.68 Å². The van der Waals surface area contributed by atoms with E-state index in [1.807, 2.05) is 83.6 Å². The van der Waals surface area contributed by atoms with Crippen LogP contribution in [0.3, 0.4) is 0 Å². The van der Waals surface area contributed by atoms with Crippen molar-refractivity contribution in [3.63, 3.8) is 0 Å². The van der Waals surface area contributed by atoms with Gasteiger partial charge in [0.05, 0.1) is 23.4 Å². The zero-order valence-corrected chi connectivity index (χ0v) is 14.9. The number of H-pyrrole nitrogens is 1. The number of hydrogen-bond acceptors (Lipinski definition) is 2. The molecule has 5 nitrogen and oxygen atoms in total. The number of ether oxygens (including phenoxy) is 1. The molecule has 0 bridgehead atoms. The molecular weight excluding hydrogens is 338 g/mol. The summed E-state index contributed by atoms with van der Waals surface area (Å²) in [6.45, 7) is 4.00. The van der Waals surface area contributed by atoms with Crippen LogP contribution in [0.1, 0.15) is 5.69 Å². The van der Waals surface area contributed by atoms with Crippen molar-refractivity contribution in [2.45, 2.75) is 0 Å². The fraction of sp³-hybridized carbons (Fsp3) is 0.0455. The summed E-state index contributed by atoms with van der Waals surface area (Å²) in [7, 11) is 1.64. The van der Waals surface area contributed by atoms with Crippen LogP contribution in [0.25, 0.3) is 24.0 Å². The van der Waals surface area contributed by atoms with Gasteiger partial charge in [0.2, 0.25) is 0 Å². The fourth-order valence-corrected chi connectivity index (χ4v) is 3.04. The Balaban J connectivity index is 1.82. The molecule has 2 aromatic carbocycles. The maximum absolute atomic E-state index is 12.9. The fourth-order valence-electron chi connectivity index (χ4n) is 3.04. The molecular formula is C22H19N3O2. The third-order valence-corrected chi connectivity index (χ3v) is 4.44. The van der Waals surface area contributed by atoms with Crippen LogP contribution in [0, 0.1) is 0 Å². The molecule has 134 valence electrons. The molecule has 0 radical (unpaired) electrons. The van der Waals surface area contributed by atoms with Gasteiger partial charge >= 0.3 is 0 Å². The van der Waals surface area contributed by atoms with E-state index < -0.39 is 0 Å². The van der Waals surface area contributed by atoms with Crippen LogP contribution in [-0.4, -0.2) is 21.5 Å². The minimum Gasteiger partial charge on any atom is -0.497 e. The number of rotatable bonds is 4. The quantitative estimate of drug-likeness (QED) is 0.609. The molecule has 27 heavy (non-hydrogen) atoms. The number of para-hydroxylation sites is 1. The van der Waals surface area contributed by atoms with Crippen LogP contribution in [0.15, 0.2) is 77.7 Å². The Morgan fingerprint density at radius 1 is 0.963 bits per heavy atom. The van der Waals surface area contributed by atoms with E-state index in [0.717, 1.165) is 22.8 Å². The summed E-state index contributed by atoms with van der Waals surface area (Å²) in [5.74, 6) is 0.799. The lowest BCUT2D eigenvalue weighted by Crippen LogP contribution is -2.34. The highest BCUT2D eigenvalue weighted by atomic mass is 16.5. The summed E-state index contributed by atoms with van der Waals surface area (Å²) in [5.41, 5.74) is 2.52. The van der Waals surface area contributed by atoms with E-state index >= 15 is 0 Å². The molecule has 0 saturated carbocycles. The molecule has 0 fully saturated rings. The second kappa shape index (κ2) is 6.88. The van der Waals surface area contributed by atoms with Gasteiger partial charge in [-0.3, -0.25) is 9.89 Å². The van der Waals surface area contributed by atoms with E-state index in [4.69, 9.17) is 4.74 Å². The maximum atomic E-state index is 12.9. The van der Waals surface area contributed by atoms with E-state index in [-0.39, 0.29) is 5.56 Å². The number of aromatic nitrogens is 3. The van der Waals surface area contributed by atoms with Gasteiger partial charge in [-0.15, -0.1) is 0 Å². The zero-order valence-electron chi connectivity index (χ0n) is 14.9. The minimum absolute atomic E-state index is 0.131. The molecule has 0 amide bonds. The van der Waals surface area contributed by atoms with Crippen molar-refractivity contribution in [3.8, 4) is 17.1 Å². The first-order valence-electron chi connectivity index (χ1n) is 8.56. The van der Waals surface area contributed by atoms with Crippen LogP contribution in [-0.2, 0) is 0 Å². The molecule has 2 heterocycles. The summed E-state index contributed by atoms with van der Waals surface area (Å²) < 4.78 is 8.74. The van der Waals surface area contributed by atoms with Crippen molar-refractivity contribution in [2.24, 2.45) is 0 Å². The van der Waals surface area contributed by atoms with Crippen LogP contribution in [0.2, 0.25) is 0 Å². The molecule has 2 aromatic heterocycles. The monoisotopic (exact) mass is 357 g/mol. The van der Waals surface area contributed by atoms with Gasteiger partial charge in [0.1, 0.15) is 5.75 Å². The first kappa shape index (κ1) is 16.7. The van der Waals surface area contributed by atoms with Gasteiger partial charge in [0, 0.05) is 17.6 Å². The van der Waals surface area contributed by atoms with Crippen molar-refractivity contribution < 1.29 is 4.74 Å². The average Bonchev–Trinajstić information content (AvgIpc) is 3.29. The van der Waals surface area contributed by atoms with Gasteiger partial charge < -0.3 is 9.30 Å². The zero-order chi connectivity index (χ0) is 18.8. The first-order valence-corrected chi connectivity index (χ1v) is 8.56. The smallest absolute Gasteiger partial charge is 0.279 e. The number of nitrogens with zero attached hydrogens (tertiary/aromatic N) is 2. The molecule has 4 rings (SSSR count). The minimum atomic E-state index is -0.131. The number of aromatic amines is 1. The van der Waals surface area contributed by atoms with Gasteiger partial charge in [0.15, 0.2) is 0 Å². The van der Waals surface area contributed by atoms with Gasteiger partial charge in [-0.05, 0) is 54.6 Å². The van der Waals surface area contributed by atoms with E-state index in [0.29, 0.717) is 10.6 Å². The highest BCUT2D eigenvalue weighted by Gasteiger charge is 2.06. The van der Waals surface area contributed by atoms with E-state index in [9.17, 15) is 4.79 Å². The molecule has 0 atom stereocenters. The Labute approximate surface area is 156 Å². The Morgan fingerprint density at radius 2 is 1.70 bits per heavy atom. The molecule has 4 aromatic rings. The van der Waals surface area contributed by atoms with Gasteiger partial charge in [-0.2, -0.15) is 0 Å². The van der Waals surface area contributed by atoms with Crippen LogP contribution in [0.4, 0.5) is 0 Å². The van der Waals surface area contributed by atoms with Gasteiger partial charge in [0.25, 0.3) is 5.56 Å². The molecule has 0 aliphatic rings. The molecule has 1 N–H and O–H groups in total. The summed E-state index contributed by atoms with van der Waals surface area (Å²) in [6, 6.07) is 21.1.